The molecule has 9 rings (SSSR count). The fraction of sp³-hybridized carbons (Fsp3) is 0. The van der Waals surface area contributed by atoms with E-state index in [0.29, 0.717) is 0 Å². The van der Waals surface area contributed by atoms with Crippen LogP contribution in [0.3, 0.4) is 0 Å². The molecule has 0 aliphatic carbocycles. The molecule has 0 unspecified atom stereocenters. The smallest absolute Gasteiger partial charge is 0.145 e. The number of furan rings is 1. The van der Waals surface area contributed by atoms with Crippen molar-refractivity contribution in [1.29, 1.82) is 0 Å². The van der Waals surface area contributed by atoms with Crippen LogP contribution in [0.2, 0.25) is 0 Å². The first-order valence-corrected chi connectivity index (χ1v) is 15.3. The Morgan fingerprint density at radius 1 is 0.488 bits per heavy atom. The summed E-state index contributed by atoms with van der Waals surface area (Å²) in [5.41, 5.74) is 7.34. The van der Waals surface area contributed by atoms with E-state index in [9.17, 15) is 0 Å². The molecule has 0 bridgehead atoms. The van der Waals surface area contributed by atoms with E-state index in [0.717, 1.165) is 50.1 Å². The van der Waals surface area contributed by atoms with Gasteiger partial charge < -0.3 is 9.32 Å². The van der Waals surface area contributed by atoms with Crippen LogP contribution in [-0.4, -0.2) is 0 Å². The zero-order chi connectivity index (χ0) is 28.3. The minimum atomic E-state index is 0.889. The molecule has 0 spiro atoms. The van der Waals surface area contributed by atoms with Crippen LogP contribution < -0.4 is 4.90 Å². The molecule has 7 aromatic carbocycles. The Balaban J connectivity index is 1.36. The molecule has 0 radical (unpaired) electrons. The van der Waals surface area contributed by atoms with Crippen LogP contribution in [0, 0.1) is 0 Å². The van der Waals surface area contributed by atoms with Crippen LogP contribution in [0.15, 0.2) is 156 Å². The summed E-state index contributed by atoms with van der Waals surface area (Å²) in [5, 5.41) is 7.26. The van der Waals surface area contributed by atoms with Crippen molar-refractivity contribution in [2.24, 2.45) is 0 Å². The SMILES string of the molecule is c1ccc(-c2ccc(N(c3ccc4ccccc4c3)c3ccc4c(c3)sc3ccccc34)c3c2oc2ccccc23)cc1. The minimum Gasteiger partial charge on any atom is -0.455 e. The second kappa shape index (κ2) is 9.59. The van der Waals surface area contributed by atoms with Crippen molar-refractivity contribution < 1.29 is 4.42 Å². The van der Waals surface area contributed by atoms with Crippen molar-refractivity contribution in [3.63, 3.8) is 0 Å². The standard InChI is InChI=1S/C40H25NOS/c1-2-11-27(12-3-1)31-22-23-35(39-34-15-6-8-16-36(34)42-40(31)39)41(29-19-18-26-10-4-5-13-28(26)24-29)30-20-21-33-32-14-7-9-17-37(32)43-38(33)25-30/h1-25H. The third kappa shape index (κ3) is 3.86. The second-order valence-corrected chi connectivity index (χ2v) is 12.0. The number of nitrogens with zero attached hydrogens (tertiary/aromatic N) is 1. The first-order chi connectivity index (χ1) is 21.3. The predicted octanol–water partition coefficient (Wildman–Crippen LogP) is 12.2. The van der Waals surface area contributed by atoms with Gasteiger partial charge in [0.15, 0.2) is 0 Å². The fourth-order valence-corrected chi connectivity index (χ4v) is 7.58. The summed E-state index contributed by atoms with van der Waals surface area (Å²) in [5.74, 6) is 0. The van der Waals surface area contributed by atoms with E-state index in [2.05, 4.69) is 150 Å². The maximum atomic E-state index is 6.66. The maximum absolute atomic E-state index is 6.66. The van der Waals surface area contributed by atoms with Gasteiger partial charge in [0.25, 0.3) is 0 Å². The lowest BCUT2D eigenvalue weighted by Crippen LogP contribution is -2.10. The highest BCUT2D eigenvalue weighted by Crippen LogP contribution is 2.47. The van der Waals surface area contributed by atoms with Gasteiger partial charge in [-0.15, -0.1) is 11.3 Å². The van der Waals surface area contributed by atoms with Gasteiger partial charge in [-0.25, -0.2) is 0 Å². The van der Waals surface area contributed by atoms with E-state index in [4.69, 9.17) is 4.42 Å². The fourth-order valence-electron chi connectivity index (χ4n) is 6.44. The van der Waals surface area contributed by atoms with Gasteiger partial charge in [-0.3, -0.25) is 0 Å². The minimum absolute atomic E-state index is 0.889. The van der Waals surface area contributed by atoms with E-state index in [-0.39, 0.29) is 0 Å². The third-order valence-corrected chi connectivity index (χ3v) is 9.58. The van der Waals surface area contributed by atoms with Gasteiger partial charge in [0, 0.05) is 42.5 Å². The molecule has 0 amide bonds. The monoisotopic (exact) mass is 567 g/mol. The summed E-state index contributed by atoms with van der Waals surface area (Å²) >= 11 is 1.85. The Hall–Kier alpha value is -5.38. The molecule has 2 aromatic heterocycles. The first kappa shape index (κ1) is 24.2. The number of fused-ring (bicyclic) bond motifs is 7. The molecule has 0 aliphatic heterocycles. The lowest BCUT2D eigenvalue weighted by Gasteiger charge is -2.27. The van der Waals surface area contributed by atoms with E-state index in [1.807, 2.05) is 17.4 Å². The molecule has 0 saturated heterocycles. The molecular formula is C40H25NOS. The number of anilines is 3. The summed E-state index contributed by atoms with van der Waals surface area (Å²) in [4.78, 5) is 2.40. The molecule has 2 nitrogen and oxygen atoms in total. The van der Waals surface area contributed by atoms with Crippen LogP contribution in [0.25, 0.3) is 64.0 Å². The van der Waals surface area contributed by atoms with Crippen LogP contribution >= 0.6 is 11.3 Å². The van der Waals surface area contributed by atoms with Gasteiger partial charge in [-0.05, 0) is 64.9 Å². The summed E-state index contributed by atoms with van der Waals surface area (Å²) in [6, 6.07) is 54.2. The molecule has 43 heavy (non-hydrogen) atoms. The molecule has 9 aromatic rings. The average Bonchev–Trinajstić information content (AvgIpc) is 3.64. The molecule has 0 atom stereocenters. The van der Waals surface area contributed by atoms with Gasteiger partial charge in [-0.2, -0.15) is 0 Å². The Labute approximate surface area is 252 Å². The van der Waals surface area contributed by atoms with E-state index >= 15 is 0 Å². The number of thiophene rings is 1. The van der Waals surface area contributed by atoms with E-state index in [1.54, 1.807) is 0 Å². The lowest BCUT2D eigenvalue weighted by atomic mass is 9.99. The van der Waals surface area contributed by atoms with Gasteiger partial charge in [-0.1, -0.05) is 103 Å². The number of para-hydroxylation sites is 1. The third-order valence-electron chi connectivity index (χ3n) is 8.44. The van der Waals surface area contributed by atoms with Gasteiger partial charge in [0.2, 0.25) is 0 Å². The number of hydrogen-bond donors (Lipinski definition) is 0. The van der Waals surface area contributed by atoms with E-state index < -0.39 is 0 Å². The normalized spacial score (nSPS) is 11.7. The molecule has 0 aliphatic rings. The summed E-state index contributed by atoms with van der Waals surface area (Å²) in [7, 11) is 0. The van der Waals surface area contributed by atoms with Crippen LogP contribution in [0.1, 0.15) is 0 Å². The lowest BCUT2D eigenvalue weighted by molar-refractivity contribution is 0.670. The molecule has 3 heteroatoms. The molecular weight excluding hydrogens is 543 g/mol. The summed E-state index contributed by atoms with van der Waals surface area (Å²) < 4.78 is 9.24. The van der Waals surface area contributed by atoms with Gasteiger partial charge in [0.1, 0.15) is 11.2 Å². The molecule has 0 saturated carbocycles. The Morgan fingerprint density at radius 2 is 1.19 bits per heavy atom. The molecule has 0 fully saturated rings. The van der Waals surface area contributed by atoms with Crippen molar-refractivity contribution in [2.45, 2.75) is 0 Å². The van der Waals surface area contributed by atoms with Crippen molar-refractivity contribution in [1.82, 2.24) is 0 Å². The highest BCUT2D eigenvalue weighted by atomic mass is 32.1. The van der Waals surface area contributed by atoms with Crippen LogP contribution in [0.5, 0.6) is 0 Å². The Morgan fingerprint density at radius 3 is 2.09 bits per heavy atom. The second-order valence-electron chi connectivity index (χ2n) is 10.9. The maximum Gasteiger partial charge on any atom is 0.145 e. The first-order valence-electron chi connectivity index (χ1n) is 14.5. The largest absolute Gasteiger partial charge is 0.455 e. The number of hydrogen-bond acceptors (Lipinski definition) is 3. The molecule has 202 valence electrons. The number of rotatable bonds is 4. The average molecular weight is 568 g/mol. The Bertz CT molecular complexity index is 2470. The van der Waals surface area contributed by atoms with Gasteiger partial charge in [0.05, 0.1) is 11.1 Å². The van der Waals surface area contributed by atoms with Crippen LogP contribution in [-0.2, 0) is 0 Å². The van der Waals surface area contributed by atoms with Crippen LogP contribution in [0.4, 0.5) is 17.1 Å². The van der Waals surface area contributed by atoms with Crippen molar-refractivity contribution in [2.75, 3.05) is 4.90 Å². The summed E-state index contributed by atoms with van der Waals surface area (Å²) in [6.45, 7) is 0. The highest BCUT2D eigenvalue weighted by Gasteiger charge is 2.22. The number of benzene rings is 7. The van der Waals surface area contributed by atoms with Gasteiger partial charge >= 0.3 is 0 Å². The Kier molecular flexibility index (Phi) is 5.40. The summed E-state index contributed by atoms with van der Waals surface area (Å²) in [6.07, 6.45) is 0. The quantitative estimate of drug-likeness (QED) is 0.210. The van der Waals surface area contributed by atoms with Crippen molar-refractivity contribution in [3.05, 3.63) is 152 Å². The predicted molar refractivity (Wildman–Crippen MR) is 184 cm³/mol. The molecule has 2 heterocycles. The van der Waals surface area contributed by atoms with Crippen molar-refractivity contribution in [3.8, 4) is 11.1 Å². The van der Waals surface area contributed by atoms with E-state index in [1.165, 1.54) is 30.9 Å². The highest BCUT2D eigenvalue weighted by molar-refractivity contribution is 7.25. The zero-order valence-corrected chi connectivity index (χ0v) is 24.0. The zero-order valence-electron chi connectivity index (χ0n) is 23.2. The molecule has 0 N–H and O–H groups in total. The topological polar surface area (TPSA) is 16.4 Å². The van der Waals surface area contributed by atoms with Crippen molar-refractivity contribution >= 4 is 81.3 Å².